The molecule has 0 aliphatic carbocycles. The summed E-state index contributed by atoms with van der Waals surface area (Å²) >= 11 is 0. The Morgan fingerprint density at radius 2 is 1.67 bits per heavy atom. The Hall–Kier alpha value is -0.120. The lowest BCUT2D eigenvalue weighted by atomic mass is 9.76. The van der Waals surface area contributed by atoms with Crippen molar-refractivity contribution >= 4 is 0 Å². The van der Waals surface area contributed by atoms with Crippen LogP contribution < -0.4 is 5.73 Å². The number of hydrogen-bond acceptors (Lipinski definition) is 3. The maximum absolute atomic E-state index is 5.79. The minimum Gasteiger partial charge on any atom is -0.383 e. The second-order valence-electron chi connectivity index (χ2n) is 7.28. The van der Waals surface area contributed by atoms with Crippen LogP contribution in [-0.2, 0) is 4.74 Å². The van der Waals surface area contributed by atoms with Crippen LogP contribution in [0.25, 0.3) is 0 Å². The molecule has 0 saturated heterocycles. The first-order valence-corrected chi connectivity index (χ1v) is 8.83. The lowest BCUT2D eigenvalue weighted by molar-refractivity contribution is 0.108. The molecule has 0 saturated carbocycles. The molecule has 0 aliphatic heterocycles. The molecule has 0 aromatic heterocycles. The van der Waals surface area contributed by atoms with Crippen molar-refractivity contribution in [1.82, 2.24) is 4.90 Å². The van der Waals surface area contributed by atoms with Gasteiger partial charge in [0, 0.05) is 19.7 Å². The largest absolute Gasteiger partial charge is 0.383 e. The number of ether oxygens (including phenoxy) is 1. The molecule has 0 spiro atoms. The smallest absolute Gasteiger partial charge is 0.0589 e. The van der Waals surface area contributed by atoms with Gasteiger partial charge in [-0.1, -0.05) is 34.6 Å². The summed E-state index contributed by atoms with van der Waals surface area (Å²) in [5.41, 5.74) is 6.15. The second-order valence-corrected chi connectivity index (χ2v) is 7.28. The molecular weight excluding hydrogens is 260 g/mol. The van der Waals surface area contributed by atoms with Crippen molar-refractivity contribution in [3.05, 3.63) is 0 Å². The molecule has 0 aromatic rings. The van der Waals surface area contributed by atoms with Gasteiger partial charge in [0.05, 0.1) is 6.61 Å². The van der Waals surface area contributed by atoms with Crippen molar-refractivity contribution in [2.45, 2.75) is 72.8 Å². The number of hydrogen-bond donors (Lipinski definition) is 1. The van der Waals surface area contributed by atoms with Gasteiger partial charge in [-0.2, -0.15) is 0 Å². The van der Waals surface area contributed by atoms with Crippen molar-refractivity contribution < 1.29 is 4.74 Å². The van der Waals surface area contributed by atoms with E-state index in [1.54, 1.807) is 7.11 Å². The van der Waals surface area contributed by atoms with Crippen LogP contribution in [0.1, 0.15) is 66.7 Å². The molecule has 0 rings (SSSR count). The Labute approximate surface area is 133 Å². The van der Waals surface area contributed by atoms with E-state index in [1.165, 1.54) is 32.2 Å². The van der Waals surface area contributed by atoms with Crippen LogP contribution in [0.5, 0.6) is 0 Å². The minimum absolute atomic E-state index is 0.367. The Morgan fingerprint density at radius 1 is 1.05 bits per heavy atom. The molecule has 1 atom stereocenters. The van der Waals surface area contributed by atoms with Gasteiger partial charge in [-0.05, 0) is 56.5 Å². The van der Waals surface area contributed by atoms with Crippen molar-refractivity contribution in [3.8, 4) is 0 Å². The molecule has 128 valence electrons. The molecule has 0 aliphatic rings. The maximum atomic E-state index is 5.79. The SMILES string of the molecule is CCC(CC)N(CCCC(CCN)C(C)(C)C)CCOC. The van der Waals surface area contributed by atoms with Crippen LogP contribution in [0.4, 0.5) is 0 Å². The second kappa shape index (κ2) is 11.4. The van der Waals surface area contributed by atoms with Crippen molar-refractivity contribution in [2.24, 2.45) is 17.1 Å². The molecule has 2 N–H and O–H groups in total. The summed E-state index contributed by atoms with van der Waals surface area (Å²) in [6, 6.07) is 0.697. The predicted molar refractivity (Wildman–Crippen MR) is 93.7 cm³/mol. The molecule has 3 nitrogen and oxygen atoms in total. The Bertz CT molecular complexity index is 234. The van der Waals surface area contributed by atoms with Crippen LogP contribution in [0, 0.1) is 11.3 Å². The number of nitrogens with zero attached hydrogens (tertiary/aromatic N) is 1. The third kappa shape index (κ3) is 8.80. The van der Waals surface area contributed by atoms with E-state index in [0.717, 1.165) is 32.0 Å². The molecule has 21 heavy (non-hydrogen) atoms. The van der Waals surface area contributed by atoms with E-state index < -0.39 is 0 Å². The van der Waals surface area contributed by atoms with E-state index in [4.69, 9.17) is 10.5 Å². The Balaban J connectivity index is 4.38. The molecule has 0 bridgehead atoms. The summed E-state index contributed by atoms with van der Waals surface area (Å²) in [4.78, 5) is 2.62. The van der Waals surface area contributed by atoms with Gasteiger partial charge in [-0.15, -0.1) is 0 Å². The van der Waals surface area contributed by atoms with Crippen molar-refractivity contribution in [1.29, 1.82) is 0 Å². The molecule has 0 fully saturated rings. The number of rotatable bonds is 12. The van der Waals surface area contributed by atoms with Crippen LogP contribution >= 0.6 is 0 Å². The van der Waals surface area contributed by atoms with Crippen LogP contribution in [0.2, 0.25) is 0 Å². The zero-order valence-corrected chi connectivity index (χ0v) is 15.5. The first kappa shape index (κ1) is 20.9. The van der Waals surface area contributed by atoms with E-state index >= 15 is 0 Å². The fourth-order valence-corrected chi connectivity index (χ4v) is 3.24. The highest BCUT2D eigenvalue weighted by atomic mass is 16.5. The summed E-state index contributed by atoms with van der Waals surface area (Å²) in [7, 11) is 1.79. The predicted octanol–water partition coefficient (Wildman–Crippen LogP) is 3.91. The summed E-state index contributed by atoms with van der Waals surface area (Å²) in [6.07, 6.45) is 6.15. The molecule has 3 heteroatoms. The van der Waals surface area contributed by atoms with Crippen LogP contribution in [-0.4, -0.2) is 44.3 Å². The average molecular weight is 301 g/mol. The monoisotopic (exact) mass is 300 g/mol. The Morgan fingerprint density at radius 3 is 2.10 bits per heavy atom. The van der Waals surface area contributed by atoms with Crippen molar-refractivity contribution in [2.75, 3.05) is 33.4 Å². The Kier molecular flexibility index (Phi) is 11.4. The zero-order valence-electron chi connectivity index (χ0n) is 15.5. The van der Waals surface area contributed by atoms with Gasteiger partial charge in [0.15, 0.2) is 0 Å². The molecule has 0 radical (unpaired) electrons. The lowest BCUT2D eigenvalue weighted by Crippen LogP contribution is -2.38. The quantitative estimate of drug-likeness (QED) is 0.594. The number of methoxy groups -OCH3 is 1. The van der Waals surface area contributed by atoms with Crippen LogP contribution in [0.15, 0.2) is 0 Å². The van der Waals surface area contributed by atoms with Gasteiger partial charge in [0.2, 0.25) is 0 Å². The van der Waals surface area contributed by atoms with E-state index in [0.29, 0.717) is 11.5 Å². The standard InChI is InChI=1S/C18H40N2O/c1-7-17(8-2)20(14-15-21-6)13-9-10-16(11-12-19)18(3,4)5/h16-17H,7-15,19H2,1-6H3. The maximum Gasteiger partial charge on any atom is 0.0589 e. The first-order chi connectivity index (χ1) is 9.90. The summed E-state index contributed by atoms with van der Waals surface area (Å²) < 4.78 is 5.27. The van der Waals surface area contributed by atoms with E-state index in [-0.39, 0.29) is 0 Å². The fraction of sp³-hybridized carbons (Fsp3) is 1.00. The summed E-state index contributed by atoms with van der Waals surface area (Å²) in [6.45, 7) is 15.5. The number of nitrogens with two attached hydrogens (primary N) is 1. The molecule has 0 aromatic carbocycles. The van der Waals surface area contributed by atoms with Gasteiger partial charge in [0.25, 0.3) is 0 Å². The van der Waals surface area contributed by atoms with Gasteiger partial charge in [0.1, 0.15) is 0 Å². The van der Waals surface area contributed by atoms with Crippen molar-refractivity contribution in [3.63, 3.8) is 0 Å². The highest BCUT2D eigenvalue weighted by Gasteiger charge is 2.24. The highest BCUT2D eigenvalue weighted by Crippen LogP contribution is 2.32. The van der Waals surface area contributed by atoms with E-state index in [9.17, 15) is 0 Å². The molecular formula is C18H40N2O. The van der Waals surface area contributed by atoms with Gasteiger partial charge < -0.3 is 10.5 Å². The third-order valence-corrected chi connectivity index (χ3v) is 4.78. The van der Waals surface area contributed by atoms with Crippen LogP contribution in [0.3, 0.4) is 0 Å². The van der Waals surface area contributed by atoms with Gasteiger partial charge in [-0.25, -0.2) is 0 Å². The van der Waals surface area contributed by atoms with Gasteiger partial charge in [-0.3, -0.25) is 4.90 Å². The van der Waals surface area contributed by atoms with Gasteiger partial charge >= 0.3 is 0 Å². The average Bonchev–Trinajstić information content (AvgIpc) is 2.43. The van der Waals surface area contributed by atoms with E-state index in [2.05, 4.69) is 39.5 Å². The minimum atomic E-state index is 0.367. The molecule has 1 unspecified atom stereocenters. The molecule has 0 amide bonds. The topological polar surface area (TPSA) is 38.5 Å². The third-order valence-electron chi connectivity index (χ3n) is 4.78. The van der Waals surface area contributed by atoms with E-state index in [1.807, 2.05) is 0 Å². The lowest BCUT2D eigenvalue weighted by Gasteiger charge is -2.33. The first-order valence-electron chi connectivity index (χ1n) is 8.83. The zero-order chi connectivity index (χ0) is 16.3. The normalized spacial score (nSPS) is 14.1. The fourth-order valence-electron chi connectivity index (χ4n) is 3.24. The highest BCUT2D eigenvalue weighted by molar-refractivity contribution is 4.76. The summed E-state index contributed by atoms with van der Waals surface area (Å²) in [5, 5.41) is 0. The molecule has 0 heterocycles. The summed E-state index contributed by atoms with van der Waals surface area (Å²) in [5.74, 6) is 0.730.